The first-order valence-electron chi connectivity index (χ1n) is 7.65. The van der Waals surface area contributed by atoms with Crippen LogP contribution in [0.2, 0.25) is 0 Å². The van der Waals surface area contributed by atoms with E-state index >= 15 is 0 Å². The van der Waals surface area contributed by atoms with Crippen molar-refractivity contribution < 1.29 is 9.59 Å². The topological polar surface area (TPSA) is 75.4 Å². The largest absolute Gasteiger partial charge is 0.352 e. The predicted octanol–water partition coefficient (Wildman–Crippen LogP) is 2.08. The highest BCUT2D eigenvalue weighted by molar-refractivity contribution is 9.10. The maximum Gasteiger partial charge on any atom is 0.227 e. The molecule has 2 unspecified atom stereocenters. The van der Waals surface area contributed by atoms with Crippen molar-refractivity contribution in [3.63, 3.8) is 0 Å². The van der Waals surface area contributed by atoms with Crippen molar-refractivity contribution in [2.75, 3.05) is 18.0 Å². The fourth-order valence-electron chi connectivity index (χ4n) is 2.96. The summed E-state index contributed by atoms with van der Waals surface area (Å²) in [6.45, 7) is 0.889. The van der Waals surface area contributed by atoms with Gasteiger partial charge in [-0.05, 0) is 46.8 Å². The number of benzene rings is 1. The second-order valence-electron chi connectivity index (χ2n) is 6.05. The van der Waals surface area contributed by atoms with Crippen LogP contribution >= 0.6 is 28.3 Å². The lowest BCUT2D eigenvalue weighted by molar-refractivity contribution is -0.127. The van der Waals surface area contributed by atoms with Gasteiger partial charge in [-0.2, -0.15) is 0 Å². The van der Waals surface area contributed by atoms with E-state index in [1.807, 2.05) is 24.3 Å². The lowest BCUT2D eigenvalue weighted by Crippen LogP contribution is -2.45. The Bertz CT molecular complexity index is 594. The molecule has 1 aromatic carbocycles. The van der Waals surface area contributed by atoms with Gasteiger partial charge in [-0.1, -0.05) is 12.1 Å². The van der Waals surface area contributed by atoms with Crippen LogP contribution in [0.1, 0.15) is 19.3 Å². The Hall–Kier alpha value is -1.11. The molecule has 2 fully saturated rings. The van der Waals surface area contributed by atoms with Gasteiger partial charge in [-0.15, -0.1) is 12.4 Å². The fourth-order valence-corrected chi connectivity index (χ4v) is 3.45. The number of hydrogen-bond donors (Lipinski definition) is 2. The molecule has 2 aliphatic rings. The molecule has 1 saturated carbocycles. The van der Waals surface area contributed by atoms with Crippen molar-refractivity contribution in [1.82, 2.24) is 5.32 Å². The lowest BCUT2D eigenvalue weighted by Gasteiger charge is -2.20. The van der Waals surface area contributed by atoms with Gasteiger partial charge in [0, 0.05) is 30.0 Å². The maximum atomic E-state index is 12.4. The molecular weight excluding hydrogens is 382 g/mol. The summed E-state index contributed by atoms with van der Waals surface area (Å²) >= 11 is 3.46. The number of halogens is 2. The van der Waals surface area contributed by atoms with Crippen LogP contribution in [-0.2, 0) is 9.59 Å². The Labute approximate surface area is 150 Å². The molecule has 0 spiro atoms. The van der Waals surface area contributed by atoms with Gasteiger partial charge in [0.15, 0.2) is 0 Å². The highest BCUT2D eigenvalue weighted by Gasteiger charge is 2.38. The van der Waals surface area contributed by atoms with E-state index in [0.717, 1.165) is 23.0 Å². The average Bonchev–Trinajstić information content (AvgIpc) is 3.28. The minimum Gasteiger partial charge on any atom is -0.352 e. The van der Waals surface area contributed by atoms with Crippen LogP contribution in [0, 0.1) is 11.8 Å². The number of nitrogens with two attached hydrogens (primary N) is 1. The summed E-state index contributed by atoms with van der Waals surface area (Å²) in [6, 6.07) is 7.63. The van der Waals surface area contributed by atoms with Crippen molar-refractivity contribution in [2.45, 2.75) is 25.3 Å². The maximum absolute atomic E-state index is 12.4. The molecule has 0 radical (unpaired) electrons. The molecule has 1 aromatic rings. The first kappa shape index (κ1) is 18.2. The number of nitrogens with zero attached hydrogens (tertiary/aromatic N) is 1. The zero-order chi connectivity index (χ0) is 15.7. The number of carbonyl (C=O) groups is 2. The molecule has 3 N–H and O–H groups in total. The van der Waals surface area contributed by atoms with Gasteiger partial charge >= 0.3 is 0 Å². The van der Waals surface area contributed by atoms with Crippen LogP contribution in [-0.4, -0.2) is 30.9 Å². The van der Waals surface area contributed by atoms with E-state index in [4.69, 9.17) is 5.73 Å². The van der Waals surface area contributed by atoms with Crippen molar-refractivity contribution in [3.8, 4) is 0 Å². The summed E-state index contributed by atoms with van der Waals surface area (Å²) in [7, 11) is 0. The first-order chi connectivity index (χ1) is 10.6. The number of para-hydroxylation sites is 1. The second kappa shape index (κ2) is 7.64. The van der Waals surface area contributed by atoms with E-state index < -0.39 is 0 Å². The molecule has 0 aromatic heterocycles. The van der Waals surface area contributed by atoms with Crippen molar-refractivity contribution >= 4 is 45.8 Å². The smallest absolute Gasteiger partial charge is 0.227 e. The van der Waals surface area contributed by atoms with Crippen LogP contribution in [0.25, 0.3) is 0 Å². The quantitative estimate of drug-likeness (QED) is 0.792. The van der Waals surface area contributed by atoms with Crippen LogP contribution in [0.4, 0.5) is 5.69 Å². The Balaban J connectivity index is 0.00000192. The van der Waals surface area contributed by atoms with Gasteiger partial charge in [0.05, 0.1) is 11.6 Å². The molecule has 1 heterocycles. The molecule has 5 nitrogen and oxygen atoms in total. The molecule has 1 aliphatic heterocycles. The summed E-state index contributed by atoms with van der Waals surface area (Å²) in [5.41, 5.74) is 6.55. The number of hydrogen-bond acceptors (Lipinski definition) is 3. The van der Waals surface area contributed by atoms with Crippen LogP contribution in [0.5, 0.6) is 0 Å². The first-order valence-corrected chi connectivity index (χ1v) is 8.44. The molecule has 23 heavy (non-hydrogen) atoms. The zero-order valence-corrected chi connectivity index (χ0v) is 15.1. The van der Waals surface area contributed by atoms with Gasteiger partial charge in [0.2, 0.25) is 11.8 Å². The molecule has 126 valence electrons. The third kappa shape index (κ3) is 4.05. The van der Waals surface area contributed by atoms with Gasteiger partial charge in [0.1, 0.15) is 0 Å². The number of rotatable bonds is 5. The van der Waals surface area contributed by atoms with Gasteiger partial charge in [-0.25, -0.2) is 0 Å². The third-order valence-corrected chi connectivity index (χ3v) is 5.08. The van der Waals surface area contributed by atoms with Crippen LogP contribution < -0.4 is 16.0 Å². The van der Waals surface area contributed by atoms with Gasteiger partial charge < -0.3 is 16.0 Å². The minimum atomic E-state index is -0.299. The summed E-state index contributed by atoms with van der Waals surface area (Å²) in [5, 5.41) is 3.02. The highest BCUT2D eigenvalue weighted by atomic mass is 79.9. The van der Waals surface area contributed by atoms with Gasteiger partial charge in [0.25, 0.3) is 0 Å². The van der Waals surface area contributed by atoms with E-state index in [9.17, 15) is 9.59 Å². The van der Waals surface area contributed by atoms with E-state index in [-0.39, 0.29) is 42.6 Å². The lowest BCUT2D eigenvalue weighted by atomic mass is 10.1. The van der Waals surface area contributed by atoms with E-state index in [0.29, 0.717) is 19.0 Å². The van der Waals surface area contributed by atoms with Crippen LogP contribution in [0.3, 0.4) is 0 Å². The predicted molar refractivity (Wildman–Crippen MR) is 95.6 cm³/mol. The Morgan fingerprint density at radius 3 is 2.70 bits per heavy atom. The second-order valence-corrected chi connectivity index (χ2v) is 6.90. The van der Waals surface area contributed by atoms with Crippen molar-refractivity contribution in [1.29, 1.82) is 0 Å². The van der Waals surface area contributed by atoms with Crippen molar-refractivity contribution in [3.05, 3.63) is 28.7 Å². The SMILES string of the molecule is Cl.NCC(NC(=O)C1CC(=O)N(c2ccccc2Br)C1)C1CC1. The minimum absolute atomic E-state index is 0. The summed E-state index contributed by atoms with van der Waals surface area (Å²) in [4.78, 5) is 26.3. The number of carbonyl (C=O) groups excluding carboxylic acids is 2. The number of anilines is 1. The van der Waals surface area contributed by atoms with Crippen molar-refractivity contribution in [2.24, 2.45) is 17.6 Å². The summed E-state index contributed by atoms with van der Waals surface area (Å²) < 4.78 is 0.863. The normalized spacial score (nSPS) is 21.7. The average molecular weight is 403 g/mol. The van der Waals surface area contributed by atoms with E-state index in [2.05, 4.69) is 21.2 Å². The van der Waals surface area contributed by atoms with Crippen LogP contribution in [0.15, 0.2) is 28.7 Å². The molecule has 2 amide bonds. The van der Waals surface area contributed by atoms with E-state index in [1.54, 1.807) is 4.90 Å². The Morgan fingerprint density at radius 2 is 2.09 bits per heavy atom. The molecule has 3 rings (SSSR count). The summed E-state index contributed by atoms with van der Waals surface area (Å²) in [5.74, 6) is 0.158. The number of nitrogens with one attached hydrogen (secondary N) is 1. The molecule has 7 heteroatoms. The highest BCUT2D eigenvalue weighted by Crippen LogP contribution is 2.33. The molecule has 2 atom stereocenters. The van der Waals surface area contributed by atoms with E-state index in [1.165, 1.54) is 0 Å². The molecular formula is C16H21BrClN3O2. The third-order valence-electron chi connectivity index (χ3n) is 4.41. The zero-order valence-electron chi connectivity index (χ0n) is 12.7. The molecule has 1 saturated heterocycles. The van der Waals surface area contributed by atoms with Gasteiger partial charge in [-0.3, -0.25) is 9.59 Å². The molecule has 0 bridgehead atoms. The summed E-state index contributed by atoms with van der Waals surface area (Å²) in [6.07, 6.45) is 2.53. The standard InChI is InChI=1S/C16H20BrN3O2.ClH/c17-12-3-1-2-4-14(12)20-9-11(7-15(20)21)16(22)19-13(8-18)10-5-6-10;/h1-4,10-11,13H,5-9,18H2,(H,19,22);1H. The monoisotopic (exact) mass is 401 g/mol. The molecule has 1 aliphatic carbocycles. The fraction of sp³-hybridized carbons (Fsp3) is 0.500. The Kier molecular flexibility index (Phi) is 6.06. The Morgan fingerprint density at radius 1 is 1.39 bits per heavy atom. The number of amides is 2.